The van der Waals surface area contributed by atoms with Crippen LogP contribution in [0.2, 0.25) is 0 Å². The molecule has 6 aliphatic rings. The lowest BCUT2D eigenvalue weighted by atomic mass is 9.47. The molecule has 2 heterocycles. The van der Waals surface area contributed by atoms with Crippen LogP contribution < -0.4 is 0 Å². The molecule has 0 aromatic carbocycles. The fourth-order valence-corrected chi connectivity index (χ4v) is 9.55. The monoisotopic (exact) mass is 468 g/mol. The number of hydrogen-bond acceptors (Lipinski definition) is 5. The largest absolute Gasteiger partial charge is 0.461 e. The zero-order valence-corrected chi connectivity index (χ0v) is 21.2. The molecule has 4 aliphatic carbocycles. The standard InChI is InChI=1S/C29H40O5/c1-27-13-12-22-18(9-8-17-6-5-7-25(30)29(17,22)3)20(27)10-11-21(27)19-15-33-28(2)14-24(19)34-26(31)23(28)16-32-4/h5,7-8,18-24H,6,9-16H2,1-4H3/t18-,19-,20-,21+,22+,23+,24-,27-,28-,29-/m0/s1. The van der Waals surface area contributed by atoms with Crippen LogP contribution in [0.25, 0.3) is 0 Å². The maximum absolute atomic E-state index is 13.1. The second-order valence-corrected chi connectivity index (χ2v) is 12.7. The predicted molar refractivity (Wildman–Crippen MR) is 128 cm³/mol. The average molecular weight is 469 g/mol. The van der Waals surface area contributed by atoms with Crippen LogP contribution in [-0.2, 0) is 23.8 Å². The van der Waals surface area contributed by atoms with Crippen molar-refractivity contribution < 1.29 is 23.8 Å². The molecule has 10 atom stereocenters. The van der Waals surface area contributed by atoms with Crippen LogP contribution in [-0.4, -0.2) is 43.8 Å². The van der Waals surface area contributed by atoms with Gasteiger partial charge in [-0.25, -0.2) is 0 Å². The Balaban J connectivity index is 1.25. The molecular weight excluding hydrogens is 428 g/mol. The number of allylic oxidation sites excluding steroid dienone is 4. The summed E-state index contributed by atoms with van der Waals surface area (Å²) in [7, 11) is 1.63. The van der Waals surface area contributed by atoms with E-state index in [1.165, 1.54) is 18.4 Å². The lowest BCUT2D eigenvalue weighted by Crippen LogP contribution is -2.61. The van der Waals surface area contributed by atoms with E-state index in [0.717, 1.165) is 32.1 Å². The summed E-state index contributed by atoms with van der Waals surface area (Å²) < 4.78 is 17.9. The fourth-order valence-electron chi connectivity index (χ4n) is 9.55. The third kappa shape index (κ3) is 2.98. The minimum Gasteiger partial charge on any atom is -0.461 e. The maximum Gasteiger partial charge on any atom is 0.314 e. The quantitative estimate of drug-likeness (QED) is 0.436. The van der Waals surface area contributed by atoms with E-state index in [0.29, 0.717) is 42.7 Å². The van der Waals surface area contributed by atoms with Gasteiger partial charge in [-0.3, -0.25) is 9.59 Å². The van der Waals surface area contributed by atoms with Crippen LogP contribution in [0.3, 0.4) is 0 Å². The van der Waals surface area contributed by atoms with Crippen molar-refractivity contribution in [3.05, 3.63) is 23.8 Å². The van der Waals surface area contributed by atoms with Crippen LogP contribution in [0, 0.1) is 46.3 Å². The summed E-state index contributed by atoms with van der Waals surface area (Å²) in [5.74, 6) is 2.23. The van der Waals surface area contributed by atoms with Gasteiger partial charge in [0.25, 0.3) is 0 Å². The molecule has 6 rings (SSSR count). The zero-order chi connectivity index (χ0) is 23.9. The first kappa shape index (κ1) is 23.0. The minimum absolute atomic E-state index is 0.0573. The van der Waals surface area contributed by atoms with Gasteiger partial charge in [0.15, 0.2) is 5.78 Å². The first-order valence-corrected chi connectivity index (χ1v) is 13.5. The van der Waals surface area contributed by atoms with E-state index in [2.05, 4.69) is 26.8 Å². The van der Waals surface area contributed by atoms with E-state index < -0.39 is 5.60 Å². The second kappa shape index (κ2) is 7.77. The van der Waals surface area contributed by atoms with Crippen LogP contribution in [0.5, 0.6) is 0 Å². The molecule has 2 saturated carbocycles. The molecule has 186 valence electrons. The Morgan fingerprint density at radius 3 is 2.59 bits per heavy atom. The minimum atomic E-state index is -0.489. The molecule has 5 heteroatoms. The van der Waals surface area contributed by atoms with Crippen molar-refractivity contribution in [3.63, 3.8) is 0 Å². The Hall–Kier alpha value is -1.46. The van der Waals surface area contributed by atoms with Crippen LogP contribution >= 0.6 is 0 Å². The number of esters is 1. The highest BCUT2D eigenvalue weighted by atomic mass is 16.6. The Morgan fingerprint density at radius 2 is 1.82 bits per heavy atom. The molecule has 0 radical (unpaired) electrons. The van der Waals surface area contributed by atoms with Gasteiger partial charge in [0.05, 0.1) is 24.2 Å². The van der Waals surface area contributed by atoms with Crippen molar-refractivity contribution in [2.45, 2.75) is 77.4 Å². The van der Waals surface area contributed by atoms with Gasteiger partial charge in [0.1, 0.15) is 12.0 Å². The summed E-state index contributed by atoms with van der Waals surface area (Å²) in [4.78, 5) is 26.0. The van der Waals surface area contributed by atoms with Crippen molar-refractivity contribution >= 4 is 11.8 Å². The number of fused-ring (bicyclic) bond motifs is 7. The van der Waals surface area contributed by atoms with Gasteiger partial charge in [0, 0.05) is 19.4 Å². The lowest BCUT2D eigenvalue weighted by Gasteiger charge is -2.58. The summed E-state index contributed by atoms with van der Waals surface area (Å²) in [5.41, 5.74) is 0.784. The van der Waals surface area contributed by atoms with Crippen LogP contribution in [0.4, 0.5) is 0 Å². The number of carbonyl (C=O) groups excluding carboxylic acids is 2. The van der Waals surface area contributed by atoms with Crippen molar-refractivity contribution in [2.24, 2.45) is 46.3 Å². The van der Waals surface area contributed by atoms with Gasteiger partial charge in [-0.05, 0) is 87.5 Å². The molecule has 2 bridgehead atoms. The first-order valence-electron chi connectivity index (χ1n) is 13.5. The summed E-state index contributed by atoms with van der Waals surface area (Å²) in [6.07, 6.45) is 13.7. The molecule has 4 fully saturated rings. The van der Waals surface area contributed by atoms with Gasteiger partial charge >= 0.3 is 5.97 Å². The Bertz CT molecular complexity index is 952. The third-order valence-electron chi connectivity index (χ3n) is 11.5. The molecule has 0 aromatic heterocycles. The molecule has 2 saturated heterocycles. The summed E-state index contributed by atoms with van der Waals surface area (Å²) >= 11 is 0. The van der Waals surface area contributed by atoms with Crippen molar-refractivity contribution in [1.82, 2.24) is 0 Å². The van der Waals surface area contributed by atoms with Crippen LogP contribution in [0.15, 0.2) is 23.8 Å². The maximum atomic E-state index is 13.1. The molecule has 0 aromatic rings. The number of methoxy groups -OCH3 is 1. The van der Waals surface area contributed by atoms with Crippen molar-refractivity contribution in [3.8, 4) is 0 Å². The topological polar surface area (TPSA) is 61.8 Å². The first-order chi connectivity index (χ1) is 16.2. The molecule has 2 aliphatic heterocycles. The SMILES string of the molecule is COC[C@@H]1C(=O)O[C@H]2C[C@]1(C)OC[C@H]2[C@H]1CC[C@H]2[C@@H]3CC=C4CC=CC(=O)[C@]4(C)[C@@H]3CC[C@]12C. The van der Waals surface area contributed by atoms with Gasteiger partial charge in [-0.1, -0.05) is 24.6 Å². The number of rotatable bonds is 3. The summed E-state index contributed by atoms with van der Waals surface area (Å²) in [6, 6.07) is 0. The van der Waals surface area contributed by atoms with E-state index >= 15 is 0 Å². The number of ketones is 1. The average Bonchev–Trinajstić information content (AvgIpc) is 3.15. The van der Waals surface area contributed by atoms with E-state index in [1.54, 1.807) is 7.11 Å². The number of hydrogen-bond donors (Lipinski definition) is 0. The van der Waals surface area contributed by atoms with Crippen molar-refractivity contribution in [1.29, 1.82) is 0 Å². The fraction of sp³-hybridized carbons (Fsp3) is 0.793. The van der Waals surface area contributed by atoms with Gasteiger partial charge in [0.2, 0.25) is 0 Å². The normalized spacial score (nSPS) is 51.8. The molecular formula is C29H40O5. The molecule has 0 spiro atoms. The van der Waals surface area contributed by atoms with Gasteiger partial charge in [-0.15, -0.1) is 0 Å². The highest BCUT2D eigenvalue weighted by Gasteiger charge is 2.63. The van der Waals surface area contributed by atoms with E-state index in [1.807, 2.05) is 12.2 Å². The zero-order valence-electron chi connectivity index (χ0n) is 21.2. The lowest BCUT2D eigenvalue weighted by molar-refractivity contribution is -0.241. The highest BCUT2D eigenvalue weighted by molar-refractivity contribution is 5.98. The van der Waals surface area contributed by atoms with Crippen molar-refractivity contribution in [2.75, 3.05) is 20.3 Å². The van der Waals surface area contributed by atoms with Gasteiger partial charge < -0.3 is 14.2 Å². The van der Waals surface area contributed by atoms with Gasteiger partial charge in [-0.2, -0.15) is 0 Å². The predicted octanol–water partition coefficient (Wildman–Crippen LogP) is 4.89. The Labute approximate surface area is 203 Å². The summed E-state index contributed by atoms with van der Waals surface area (Å²) in [6.45, 7) is 7.81. The highest BCUT2D eigenvalue weighted by Crippen LogP contribution is 2.67. The smallest absolute Gasteiger partial charge is 0.314 e. The van der Waals surface area contributed by atoms with E-state index in [4.69, 9.17) is 14.2 Å². The summed E-state index contributed by atoms with van der Waals surface area (Å²) in [5, 5.41) is 0. The molecule has 5 nitrogen and oxygen atoms in total. The van der Waals surface area contributed by atoms with E-state index in [-0.39, 0.29) is 34.7 Å². The number of carbonyl (C=O) groups is 2. The molecule has 0 unspecified atom stereocenters. The number of ether oxygens (including phenoxy) is 3. The Morgan fingerprint density at radius 1 is 1.06 bits per heavy atom. The molecule has 34 heavy (non-hydrogen) atoms. The van der Waals surface area contributed by atoms with Crippen LogP contribution in [0.1, 0.15) is 65.7 Å². The van der Waals surface area contributed by atoms with E-state index in [9.17, 15) is 9.59 Å². The third-order valence-corrected chi connectivity index (χ3v) is 11.5. The molecule has 0 N–H and O–H groups in total. The Kier molecular flexibility index (Phi) is 5.25. The second-order valence-electron chi connectivity index (χ2n) is 12.7. The molecule has 0 amide bonds.